The Bertz CT molecular complexity index is 1090. The zero-order valence-corrected chi connectivity index (χ0v) is 13.3. The van der Waals surface area contributed by atoms with Crippen molar-refractivity contribution in [2.75, 3.05) is 0 Å². The molecule has 0 aliphatic carbocycles. The summed E-state index contributed by atoms with van der Waals surface area (Å²) >= 11 is 0. The van der Waals surface area contributed by atoms with Gasteiger partial charge in [-0.2, -0.15) is 8.42 Å². The van der Waals surface area contributed by atoms with E-state index < -0.39 is 26.5 Å². The number of para-hydroxylation sites is 1. The first kappa shape index (κ1) is 16.5. The molecule has 0 N–H and O–H groups in total. The van der Waals surface area contributed by atoms with Crippen LogP contribution >= 0.6 is 0 Å². The molecule has 1 heterocycles. The molecular weight excluding hydrogens is 348 g/mol. The maximum absolute atomic E-state index is 12.6. The fourth-order valence-corrected chi connectivity index (χ4v) is 3.38. The van der Waals surface area contributed by atoms with Gasteiger partial charge < -0.3 is 4.18 Å². The monoisotopic (exact) mass is 358 g/mol. The molecule has 25 heavy (non-hydrogen) atoms. The van der Waals surface area contributed by atoms with Crippen molar-refractivity contribution in [3.8, 4) is 5.75 Å². The van der Waals surface area contributed by atoms with E-state index in [0.717, 1.165) is 12.1 Å². The van der Waals surface area contributed by atoms with E-state index in [1.54, 1.807) is 18.2 Å². The van der Waals surface area contributed by atoms with Crippen LogP contribution < -0.4 is 4.18 Å². The van der Waals surface area contributed by atoms with Crippen LogP contribution in [0.5, 0.6) is 5.75 Å². The number of carbonyl (C=O) groups excluding carboxylic acids is 1. The summed E-state index contributed by atoms with van der Waals surface area (Å²) < 4.78 is 30.1. The second-order valence-electron chi connectivity index (χ2n) is 4.97. The fourth-order valence-electron chi connectivity index (χ4n) is 2.26. The Kier molecular flexibility index (Phi) is 4.15. The van der Waals surface area contributed by atoms with E-state index in [2.05, 4.69) is 4.98 Å². The molecule has 0 saturated heterocycles. The Hall–Kier alpha value is -3.33. The van der Waals surface area contributed by atoms with Gasteiger partial charge in [0.2, 0.25) is 5.75 Å². The van der Waals surface area contributed by atoms with Crippen LogP contribution in [0.25, 0.3) is 10.9 Å². The van der Waals surface area contributed by atoms with Gasteiger partial charge in [-0.3, -0.25) is 19.9 Å². The van der Waals surface area contributed by atoms with Crippen molar-refractivity contribution in [3.05, 3.63) is 70.4 Å². The Balaban J connectivity index is 2.11. The molecule has 0 radical (unpaired) electrons. The average Bonchev–Trinajstić information content (AvgIpc) is 2.61. The lowest BCUT2D eigenvalue weighted by Crippen LogP contribution is -2.12. The number of hydrogen-bond donors (Lipinski definition) is 0. The molecule has 0 saturated carbocycles. The van der Waals surface area contributed by atoms with Gasteiger partial charge in [0, 0.05) is 23.2 Å². The van der Waals surface area contributed by atoms with E-state index in [4.69, 9.17) is 4.18 Å². The average molecular weight is 358 g/mol. The Morgan fingerprint density at radius 1 is 1.12 bits per heavy atom. The topological polar surface area (TPSA) is 116 Å². The van der Waals surface area contributed by atoms with Crippen molar-refractivity contribution in [2.24, 2.45) is 0 Å². The number of nitrogens with zero attached hydrogens (tertiary/aromatic N) is 2. The number of hydrogen-bond acceptors (Lipinski definition) is 7. The van der Waals surface area contributed by atoms with Gasteiger partial charge in [0.15, 0.2) is 0 Å². The van der Waals surface area contributed by atoms with Gasteiger partial charge in [-0.05, 0) is 24.3 Å². The summed E-state index contributed by atoms with van der Waals surface area (Å²) in [6, 6.07) is 11.1. The lowest BCUT2D eigenvalue weighted by atomic mass is 10.2. The van der Waals surface area contributed by atoms with Crippen LogP contribution in [0.4, 0.5) is 5.69 Å². The van der Waals surface area contributed by atoms with Gasteiger partial charge in [-0.15, -0.1) is 0 Å². The van der Waals surface area contributed by atoms with Crippen LogP contribution in [0.15, 0.2) is 59.6 Å². The summed E-state index contributed by atoms with van der Waals surface area (Å²) in [6.45, 7) is 0. The highest BCUT2D eigenvalue weighted by Crippen LogP contribution is 2.31. The van der Waals surface area contributed by atoms with Crippen LogP contribution in [-0.2, 0) is 10.1 Å². The van der Waals surface area contributed by atoms with Crippen molar-refractivity contribution < 1.29 is 22.3 Å². The summed E-state index contributed by atoms with van der Waals surface area (Å²) in [5.74, 6) is -0.483. The molecular formula is C16H10N2O6S. The smallest absolute Gasteiger partial charge is 0.341 e. The molecule has 0 aliphatic rings. The standard InChI is InChI=1S/C16H10N2O6S/c19-10-11-6-7-14(13(9-11)18(20)21)24-25(22,23)15-5-1-3-12-4-2-8-17-16(12)15/h1-10H. The van der Waals surface area contributed by atoms with Crippen LogP contribution in [0, 0.1) is 10.1 Å². The SMILES string of the molecule is O=Cc1ccc(OS(=O)(=O)c2cccc3cccnc23)c([N+](=O)[O-])c1. The predicted molar refractivity (Wildman–Crippen MR) is 88.0 cm³/mol. The fraction of sp³-hybridized carbons (Fsp3) is 0. The second-order valence-corrected chi connectivity index (χ2v) is 6.49. The van der Waals surface area contributed by atoms with Gasteiger partial charge in [0.05, 0.1) is 10.4 Å². The highest BCUT2D eigenvalue weighted by atomic mass is 32.2. The number of benzene rings is 2. The minimum absolute atomic E-state index is 0.0308. The van der Waals surface area contributed by atoms with E-state index in [1.165, 1.54) is 24.4 Å². The Morgan fingerprint density at radius 3 is 2.60 bits per heavy atom. The molecule has 0 unspecified atom stereocenters. The van der Waals surface area contributed by atoms with E-state index >= 15 is 0 Å². The molecule has 0 fully saturated rings. The summed E-state index contributed by atoms with van der Waals surface area (Å²) in [4.78, 5) is 24.9. The molecule has 9 heteroatoms. The molecule has 0 amide bonds. The molecule has 0 bridgehead atoms. The van der Waals surface area contributed by atoms with Crippen molar-refractivity contribution in [2.45, 2.75) is 4.90 Å². The quantitative estimate of drug-likeness (QED) is 0.298. The maximum atomic E-state index is 12.6. The maximum Gasteiger partial charge on any atom is 0.341 e. The Morgan fingerprint density at radius 2 is 1.88 bits per heavy atom. The number of fused-ring (bicyclic) bond motifs is 1. The van der Waals surface area contributed by atoms with Crippen molar-refractivity contribution in [3.63, 3.8) is 0 Å². The first-order chi connectivity index (χ1) is 11.9. The predicted octanol–water partition coefficient (Wildman–Crippen LogP) is 2.72. The number of aromatic nitrogens is 1. The van der Waals surface area contributed by atoms with E-state index in [9.17, 15) is 23.3 Å². The van der Waals surface area contributed by atoms with Gasteiger partial charge in [-0.25, -0.2) is 0 Å². The lowest BCUT2D eigenvalue weighted by molar-refractivity contribution is -0.385. The second kappa shape index (κ2) is 6.29. The minimum Gasteiger partial charge on any atom is -0.372 e. The van der Waals surface area contributed by atoms with Crippen LogP contribution in [0.2, 0.25) is 0 Å². The number of nitro groups is 1. The molecule has 0 atom stereocenters. The molecule has 8 nitrogen and oxygen atoms in total. The number of nitro benzene ring substituents is 1. The third kappa shape index (κ3) is 3.17. The molecule has 0 spiro atoms. The van der Waals surface area contributed by atoms with Crippen LogP contribution in [0.1, 0.15) is 10.4 Å². The highest BCUT2D eigenvalue weighted by molar-refractivity contribution is 7.87. The molecule has 0 aliphatic heterocycles. The lowest BCUT2D eigenvalue weighted by Gasteiger charge is -2.09. The number of rotatable bonds is 5. The van der Waals surface area contributed by atoms with E-state index in [-0.39, 0.29) is 16.0 Å². The summed E-state index contributed by atoms with van der Waals surface area (Å²) in [6.07, 6.45) is 1.85. The number of pyridine rings is 1. The molecule has 2 aromatic carbocycles. The van der Waals surface area contributed by atoms with Crippen LogP contribution in [-0.4, -0.2) is 24.6 Å². The molecule has 1 aromatic heterocycles. The minimum atomic E-state index is -4.37. The molecule has 3 rings (SSSR count). The van der Waals surface area contributed by atoms with E-state index in [0.29, 0.717) is 11.7 Å². The third-order valence-electron chi connectivity index (χ3n) is 3.38. The van der Waals surface area contributed by atoms with E-state index in [1.807, 2.05) is 0 Å². The highest BCUT2D eigenvalue weighted by Gasteiger charge is 2.25. The van der Waals surface area contributed by atoms with Crippen molar-refractivity contribution in [1.82, 2.24) is 4.98 Å². The summed E-state index contributed by atoms with van der Waals surface area (Å²) in [7, 11) is -4.37. The van der Waals surface area contributed by atoms with Crippen molar-refractivity contribution >= 4 is 33.0 Å². The molecule has 126 valence electrons. The Labute approximate surface area is 142 Å². The van der Waals surface area contributed by atoms with Gasteiger partial charge in [0.25, 0.3) is 0 Å². The van der Waals surface area contributed by atoms with Crippen molar-refractivity contribution in [1.29, 1.82) is 0 Å². The third-order valence-corrected chi connectivity index (χ3v) is 4.65. The van der Waals surface area contributed by atoms with Gasteiger partial charge >= 0.3 is 15.8 Å². The normalized spacial score (nSPS) is 11.2. The van der Waals surface area contributed by atoms with Gasteiger partial charge in [0.1, 0.15) is 11.2 Å². The zero-order chi connectivity index (χ0) is 18.0. The first-order valence-corrected chi connectivity index (χ1v) is 8.35. The summed E-state index contributed by atoms with van der Waals surface area (Å²) in [5, 5.41) is 11.7. The zero-order valence-electron chi connectivity index (χ0n) is 12.5. The number of aldehydes is 1. The largest absolute Gasteiger partial charge is 0.372 e. The first-order valence-electron chi connectivity index (χ1n) is 6.94. The number of carbonyl (C=O) groups is 1. The van der Waals surface area contributed by atoms with Gasteiger partial charge in [-0.1, -0.05) is 18.2 Å². The summed E-state index contributed by atoms with van der Waals surface area (Å²) in [5.41, 5.74) is -0.401. The van der Waals surface area contributed by atoms with Crippen LogP contribution in [0.3, 0.4) is 0 Å². The molecule has 3 aromatic rings.